The van der Waals surface area contributed by atoms with Crippen LogP contribution < -0.4 is 4.74 Å². The molecule has 0 amide bonds. The van der Waals surface area contributed by atoms with Crippen molar-refractivity contribution in [2.24, 2.45) is 0 Å². The van der Waals surface area contributed by atoms with Crippen molar-refractivity contribution in [1.82, 2.24) is 5.16 Å². The molecule has 0 aliphatic heterocycles. The van der Waals surface area contributed by atoms with Crippen molar-refractivity contribution in [3.05, 3.63) is 46.8 Å². The average molecular weight is 259 g/mol. The van der Waals surface area contributed by atoms with E-state index >= 15 is 0 Å². The quantitative estimate of drug-likeness (QED) is 0.830. The molecule has 2 rings (SSSR count). The fourth-order valence-electron chi connectivity index (χ4n) is 1.91. The molecule has 0 unspecified atom stereocenters. The number of rotatable bonds is 3. The molecule has 0 spiro atoms. The van der Waals surface area contributed by atoms with E-state index in [2.05, 4.69) is 38.1 Å². The zero-order valence-corrected chi connectivity index (χ0v) is 12.3. The van der Waals surface area contributed by atoms with Gasteiger partial charge < -0.3 is 9.26 Å². The summed E-state index contributed by atoms with van der Waals surface area (Å²) in [6.45, 7) is 10.9. The Morgan fingerprint density at radius 3 is 2.21 bits per heavy atom. The van der Waals surface area contributed by atoms with E-state index in [4.69, 9.17) is 9.26 Å². The number of aromatic nitrogens is 1. The molecular weight excluding hydrogens is 238 g/mol. The highest BCUT2D eigenvalue weighted by molar-refractivity contribution is 5.31. The first-order chi connectivity index (χ1) is 8.88. The maximum absolute atomic E-state index is 5.78. The Labute approximate surface area is 114 Å². The Kier molecular flexibility index (Phi) is 3.65. The Bertz CT molecular complexity index is 528. The molecular formula is C16H21NO2. The molecule has 0 saturated carbocycles. The van der Waals surface area contributed by atoms with Gasteiger partial charge in [-0.05, 0) is 37.0 Å². The summed E-state index contributed by atoms with van der Waals surface area (Å²) in [5, 5.41) is 3.92. The van der Waals surface area contributed by atoms with Gasteiger partial charge in [-0.1, -0.05) is 38.1 Å². The number of hydrogen-bond donors (Lipinski definition) is 0. The third kappa shape index (κ3) is 3.16. The predicted molar refractivity (Wildman–Crippen MR) is 75.5 cm³/mol. The van der Waals surface area contributed by atoms with Crippen LogP contribution in [0.5, 0.6) is 5.75 Å². The van der Waals surface area contributed by atoms with Crippen molar-refractivity contribution < 1.29 is 9.26 Å². The SMILES string of the molecule is Cc1noc(C)c1COc1ccc(C(C)(C)C)cc1. The molecule has 0 bridgehead atoms. The maximum atomic E-state index is 5.78. The van der Waals surface area contributed by atoms with Crippen LogP contribution in [0.4, 0.5) is 0 Å². The lowest BCUT2D eigenvalue weighted by Crippen LogP contribution is -2.10. The summed E-state index contributed by atoms with van der Waals surface area (Å²) in [7, 11) is 0. The predicted octanol–water partition coefficient (Wildman–Crippen LogP) is 4.17. The summed E-state index contributed by atoms with van der Waals surface area (Å²) in [6, 6.07) is 8.25. The maximum Gasteiger partial charge on any atom is 0.140 e. The standard InChI is InChI=1S/C16H21NO2/c1-11-15(12(2)19-17-11)10-18-14-8-6-13(7-9-14)16(3,4)5/h6-9H,10H2,1-5H3. The molecule has 3 heteroatoms. The Morgan fingerprint density at radius 1 is 1.11 bits per heavy atom. The van der Waals surface area contributed by atoms with Gasteiger partial charge in [0.15, 0.2) is 0 Å². The van der Waals surface area contributed by atoms with Gasteiger partial charge in [0.05, 0.1) is 11.3 Å². The van der Waals surface area contributed by atoms with Crippen molar-refractivity contribution in [3.8, 4) is 5.75 Å². The summed E-state index contributed by atoms with van der Waals surface area (Å²) >= 11 is 0. The van der Waals surface area contributed by atoms with Crippen LogP contribution in [0.15, 0.2) is 28.8 Å². The molecule has 0 aliphatic rings. The van der Waals surface area contributed by atoms with E-state index in [1.807, 2.05) is 26.0 Å². The molecule has 1 aromatic heterocycles. The van der Waals surface area contributed by atoms with Crippen LogP contribution in [-0.2, 0) is 12.0 Å². The lowest BCUT2D eigenvalue weighted by molar-refractivity contribution is 0.301. The summed E-state index contributed by atoms with van der Waals surface area (Å²) in [6.07, 6.45) is 0. The van der Waals surface area contributed by atoms with Crippen molar-refractivity contribution >= 4 is 0 Å². The van der Waals surface area contributed by atoms with Crippen molar-refractivity contribution in [3.63, 3.8) is 0 Å². The molecule has 0 aliphatic carbocycles. The van der Waals surface area contributed by atoms with E-state index < -0.39 is 0 Å². The zero-order valence-electron chi connectivity index (χ0n) is 12.3. The van der Waals surface area contributed by atoms with Crippen molar-refractivity contribution in [1.29, 1.82) is 0 Å². The summed E-state index contributed by atoms with van der Waals surface area (Å²) < 4.78 is 10.9. The second-order valence-corrected chi connectivity index (χ2v) is 5.87. The highest BCUT2D eigenvalue weighted by atomic mass is 16.5. The molecule has 0 N–H and O–H groups in total. The summed E-state index contributed by atoms with van der Waals surface area (Å²) in [5.74, 6) is 1.69. The van der Waals surface area contributed by atoms with E-state index in [1.165, 1.54) is 5.56 Å². The van der Waals surface area contributed by atoms with E-state index in [-0.39, 0.29) is 5.41 Å². The zero-order chi connectivity index (χ0) is 14.0. The normalized spacial score (nSPS) is 11.6. The van der Waals surface area contributed by atoms with Crippen molar-refractivity contribution in [2.45, 2.75) is 46.6 Å². The number of aryl methyl sites for hydroxylation is 2. The molecule has 1 heterocycles. The highest BCUT2D eigenvalue weighted by Gasteiger charge is 2.13. The summed E-state index contributed by atoms with van der Waals surface area (Å²) in [4.78, 5) is 0. The minimum atomic E-state index is 0.167. The van der Waals surface area contributed by atoms with E-state index in [0.717, 1.165) is 22.8 Å². The van der Waals surface area contributed by atoms with Gasteiger partial charge in [-0.15, -0.1) is 0 Å². The molecule has 0 atom stereocenters. The molecule has 102 valence electrons. The van der Waals surface area contributed by atoms with Crippen LogP contribution >= 0.6 is 0 Å². The first kappa shape index (κ1) is 13.7. The van der Waals surface area contributed by atoms with Crippen molar-refractivity contribution in [2.75, 3.05) is 0 Å². The molecule has 2 aromatic rings. The average Bonchev–Trinajstić information content (AvgIpc) is 2.66. The van der Waals surface area contributed by atoms with Crippen LogP contribution in [-0.4, -0.2) is 5.16 Å². The van der Waals surface area contributed by atoms with Gasteiger partial charge in [-0.25, -0.2) is 0 Å². The Balaban J connectivity index is 2.05. The number of nitrogens with zero attached hydrogens (tertiary/aromatic N) is 1. The van der Waals surface area contributed by atoms with Gasteiger partial charge in [0, 0.05) is 0 Å². The second kappa shape index (κ2) is 5.08. The van der Waals surface area contributed by atoms with Crippen LogP contribution in [0.2, 0.25) is 0 Å². The van der Waals surface area contributed by atoms with E-state index in [0.29, 0.717) is 6.61 Å². The smallest absolute Gasteiger partial charge is 0.140 e. The van der Waals surface area contributed by atoms with Gasteiger partial charge in [0.1, 0.15) is 18.1 Å². The van der Waals surface area contributed by atoms with Crippen LogP contribution in [0.25, 0.3) is 0 Å². The monoisotopic (exact) mass is 259 g/mol. The fourth-order valence-corrected chi connectivity index (χ4v) is 1.91. The van der Waals surface area contributed by atoms with Gasteiger partial charge in [-0.3, -0.25) is 0 Å². The number of hydrogen-bond acceptors (Lipinski definition) is 3. The molecule has 0 saturated heterocycles. The molecule has 0 radical (unpaired) electrons. The largest absolute Gasteiger partial charge is 0.489 e. The second-order valence-electron chi connectivity index (χ2n) is 5.87. The molecule has 0 fully saturated rings. The highest BCUT2D eigenvalue weighted by Crippen LogP contribution is 2.25. The molecule has 3 nitrogen and oxygen atoms in total. The Morgan fingerprint density at radius 2 is 1.74 bits per heavy atom. The van der Waals surface area contributed by atoms with Crippen LogP contribution in [0.1, 0.15) is 43.4 Å². The first-order valence-corrected chi connectivity index (χ1v) is 6.53. The summed E-state index contributed by atoms with van der Waals surface area (Å²) in [5.41, 5.74) is 3.39. The lowest BCUT2D eigenvalue weighted by Gasteiger charge is -2.19. The number of ether oxygens (including phenoxy) is 1. The fraction of sp³-hybridized carbons (Fsp3) is 0.438. The van der Waals surface area contributed by atoms with E-state index in [1.54, 1.807) is 0 Å². The lowest BCUT2D eigenvalue weighted by atomic mass is 9.87. The van der Waals surface area contributed by atoms with E-state index in [9.17, 15) is 0 Å². The van der Waals surface area contributed by atoms with Gasteiger partial charge in [0.25, 0.3) is 0 Å². The third-order valence-electron chi connectivity index (χ3n) is 3.28. The molecule has 19 heavy (non-hydrogen) atoms. The Hall–Kier alpha value is -1.77. The minimum Gasteiger partial charge on any atom is -0.489 e. The van der Waals surface area contributed by atoms with Crippen LogP contribution in [0.3, 0.4) is 0 Å². The van der Waals surface area contributed by atoms with Gasteiger partial charge >= 0.3 is 0 Å². The minimum absolute atomic E-state index is 0.167. The number of benzene rings is 1. The molecule has 1 aromatic carbocycles. The van der Waals surface area contributed by atoms with Gasteiger partial charge in [0.2, 0.25) is 0 Å². The third-order valence-corrected chi connectivity index (χ3v) is 3.28. The first-order valence-electron chi connectivity index (χ1n) is 6.53. The van der Waals surface area contributed by atoms with Gasteiger partial charge in [-0.2, -0.15) is 0 Å². The van der Waals surface area contributed by atoms with Crippen LogP contribution in [0, 0.1) is 13.8 Å². The topological polar surface area (TPSA) is 35.3 Å².